The topological polar surface area (TPSA) is 97.6 Å². The van der Waals surface area contributed by atoms with Crippen molar-refractivity contribution in [2.45, 2.75) is 6.42 Å². The maximum Gasteiger partial charge on any atom is 0.295 e. The Kier molecular flexibility index (Phi) is 5.73. The van der Waals surface area contributed by atoms with E-state index in [9.17, 15) is 9.18 Å². The fourth-order valence-electron chi connectivity index (χ4n) is 2.89. The van der Waals surface area contributed by atoms with Gasteiger partial charge in [0, 0.05) is 24.0 Å². The summed E-state index contributed by atoms with van der Waals surface area (Å²) in [6, 6.07) is 9.89. The second-order valence-corrected chi connectivity index (χ2v) is 6.89. The Labute approximate surface area is 181 Å². The Bertz CT molecular complexity index is 1310. The van der Waals surface area contributed by atoms with Gasteiger partial charge in [0.2, 0.25) is 0 Å². The molecule has 0 saturated carbocycles. The molecule has 0 bridgehead atoms. The normalized spacial score (nSPS) is 10.6. The van der Waals surface area contributed by atoms with Gasteiger partial charge in [0.1, 0.15) is 18.0 Å². The van der Waals surface area contributed by atoms with Crippen molar-refractivity contribution in [1.82, 2.24) is 30.3 Å². The number of carbonyl (C=O) groups excluding carboxylic acids is 1. The zero-order valence-electron chi connectivity index (χ0n) is 16.0. The molecule has 0 radical (unpaired) electrons. The molecule has 0 fully saturated rings. The van der Waals surface area contributed by atoms with E-state index in [1.165, 1.54) is 18.5 Å². The Hall–Kier alpha value is -4.03. The summed E-state index contributed by atoms with van der Waals surface area (Å²) in [5, 5.41) is 14.7. The lowest BCUT2D eigenvalue weighted by Gasteiger charge is -2.10. The van der Waals surface area contributed by atoms with E-state index < -0.39 is 11.7 Å². The van der Waals surface area contributed by atoms with E-state index in [1.54, 1.807) is 16.9 Å². The van der Waals surface area contributed by atoms with Crippen LogP contribution in [0.3, 0.4) is 0 Å². The van der Waals surface area contributed by atoms with Gasteiger partial charge in [-0.2, -0.15) is 0 Å². The van der Waals surface area contributed by atoms with Gasteiger partial charge in [-0.25, -0.2) is 19.0 Å². The summed E-state index contributed by atoms with van der Waals surface area (Å²) in [7, 11) is 0. The molecule has 1 amide bonds. The predicted molar refractivity (Wildman–Crippen MR) is 115 cm³/mol. The molecule has 0 spiro atoms. The van der Waals surface area contributed by atoms with Gasteiger partial charge in [-0.3, -0.25) is 4.79 Å². The molecule has 8 nitrogen and oxygen atoms in total. The minimum Gasteiger partial charge on any atom is -0.345 e. The van der Waals surface area contributed by atoms with Gasteiger partial charge in [0.15, 0.2) is 0 Å². The van der Waals surface area contributed by atoms with Crippen molar-refractivity contribution < 1.29 is 9.18 Å². The lowest BCUT2D eigenvalue weighted by atomic mass is 10.2. The first-order valence-electron chi connectivity index (χ1n) is 9.16. The molecular weight excluding hydrogens is 421 g/mol. The lowest BCUT2D eigenvalue weighted by Crippen LogP contribution is -2.23. The number of aromatic nitrogens is 5. The van der Waals surface area contributed by atoms with E-state index in [2.05, 4.69) is 30.9 Å². The van der Waals surface area contributed by atoms with Crippen molar-refractivity contribution in [1.29, 1.82) is 0 Å². The average molecular weight is 436 g/mol. The van der Waals surface area contributed by atoms with Crippen LogP contribution in [-0.4, -0.2) is 37.4 Å². The number of anilines is 2. The molecule has 0 saturated heterocycles. The molecule has 4 rings (SSSR count). The Morgan fingerprint density at radius 2 is 2.10 bits per heavy atom. The van der Waals surface area contributed by atoms with Crippen molar-refractivity contribution in [3.63, 3.8) is 0 Å². The van der Waals surface area contributed by atoms with Crippen LogP contribution in [0, 0.1) is 18.2 Å². The summed E-state index contributed by atoms with van der Waals surface area (Å²) in [6.45, 7) is 0.363. The number of terminal acetylenes is 1. The van der Waals surface area contributed by atoms with Crippen molar-refractivity contribution in [3.05, 3.63) is 65.5 Å². The number of nitrogens with zero attached hydrogens (tertiary/aromatic N) is 5. The molecule has 0 aliphatic heterocycles. The highest BCUT2D eigenvalue weighted by atomic mass is 35.5. The standard InChI is InChI=1S/C21H15ClFN7O/c1-2-20(31)24-8-7-14-11-30(29-28-14)15-4-6-19-16(10-15)21(26-12-25-19)27-13-3-5-18(23)17(22)9-13/h1,3-6,9-12H,7-8H2,(H,24,31)(H,25,26,27). The van der Waals surface area contributed by atoms with E-state index in [4.69, 9.17) is 18.0 Å². The third kappa shape index (κ3) is 4.60. The van der Waals surface area contributed by atoms with E-state index in [0.29, 0.717) is 35.7 Å². The highest BCUT2D eigenvalue weighted by Crippen LogP contribution is 2.27. The summed E-state index contributed by atoms with van der Waals surface area (Å²) in [5.74, 6) is 1.56. The molecule has 0 atom stereocenters. The van der Waals surface area contributed by atoms with Crippen LogP contribution in [-0.2, 0) is 11.2 Å². The first-order chi connectivity index (χ1) is 15.0. The van der Waals surface area contributed by atoms with Gasteiger partial charge in [-0.05, 0) is 42.3 Å². The van der Waals surface area contributed by atoms with E-state index in [1.807, 2.05) is 24.1 Å². The summed E-state index contributed by atoms with van der Waals surface area (Å²) in [6.07, 6.45) is 8.71. The van der Waals surface area contributed by atoms with Crippen molar-refractivity contribution in [3.8, 4) is 18.0 Å². The Balaban J connectivity index is 1.59. The van der Waals surface area contributed by atoms with Gasteiger partial charge in [-0.1, -0.05) is 16.8 Å². The van der Waals surface area contributed by atoms with Gasteiger partial charge >= 0.3 is 0 Å². The maximum atomic E-state index is 13.4. The van der Waals surface area contributed by atoms with E-state index in [-0.39, 0.29) is 5.02 Å². The monoisotopic (exact) mass is 435 g/mol. The zero-order valence-corrected chi connectivity index (χ0v) is 16.8. The highest BCUT2D eigenvalue weighted by Gasteiger charge is 2.10. The molecule has 2 N–H and O–H groups in total. The third-order valence-corrected chi connectivity index (χ3v) is 4.69. The number of hydrogen-bond donors (Lipinski definition) is 2. The maximum absolute atomic E-state index is 13.4. The van der Waals surface area contributed by atoms with E-state index >= 15 is 0 Å². The van der Waals surface area contributed by atoms with Crippen LogP contribution >= 0.6 is 11.6 Å². The molecule has 31 heavy (non-hydrogen) atoms. The van der Waals surface area contributed by atoms with Crippen molar-refractivity contribution in [2.75, 3.05) is 11.9 Å². The molecule has 0 unspecified atom stereocenters. The largest absolute Gasteiger partial charge is 0.345 e. The fraction of sp³-hybridized carbons (Fsp3) is 0.0952. The first kappa shape index (κ1) is 20.3. The molecule has 0 aliphatic carbocycles. The van der Waals surface area contributed by atoms with Crippen molar-refractivity contribution in [2.24, 2.45) is 0 Å². The van der Waals surface area contributed by atoms with Gasteiger partial charge in [-0.15, -0.1) is 11.5 Å². The van der Waals surface area contributed by atoms with Crippen LogP contribution in [0.5, 0.6) is 0 Å². The van der Waals surface area contributed by atoms with Crippen LogP contribution < -0.4 is 10.6 Å². The van der Waals surface area contributed by atoms with Crippen LogP contribution in [0.2, 0.25) is 5.02 Å². The lowest BCUT2D eigenvalue weighted by molar-refractivity contribution is -0.115. The summed E-state index contributed by atoms with van der Waals surface area (Å²) >= 11 is 5.87. The van der Waals surface area contributed by atoms with E-state index in [0.717, 1.165) is 11.1 Å². The molecule has 2 aromatic heterocycles. The number of nitrogens with one attached hydrogen (secondary N) is 2. The van der Waals surface area contributed by atoms with Crippen LogP contribution in [0.4, 0.5) is 15.9 Å². The van der Waals surface area contributed by atoms with Crippen LogP contribution in [0.1, 0.15) is 5.69 Å². The number of carbonyl (C=O) groups is 1. The molecule has 4 aromatic rings. The second kappa shape index (κ2) is 8.77. The predicted octanol–water partition coefficient (Wildman–Crippen LogP) is 3.04. The average Bonchev–Trinajstić information content (AvgIpc) is 3.25. The Morgan fingerprint density at radius 3 is 2.90 bits per heavy atom. The SMILES string of the molecule is C#CC(=O)NCCc1cn(-c2ccc3ncnc(Nc4ccc(F)c(Cl)c4)c3c2)nn1. The van der Waals surface area contributed by atoms with Gasteiger partial charge < -0.3 is 10.6 Å². The highest BCUT2D eigenvalue weighted by molar-refractivity contribution is 6.31. The second-order valence-electron chi connectivity index (χ2n) is 6.48. The van der Waals surface area contributed by atoms with Gasteiger partial charge in [0.05, 0.1) is 28.1 Å². The number of amides is 1. The molecular formula is C21H15ClFN7O. The van der Waals surface area contributed by atoms with Crippen molar-refractivity contribution >= 4 is 39.9 Å². The first-order valence-corrected chi connectivity index (χ1v) is 9.54. The molecule has 2 aromatic carbocycles. The third-order valence-electron chi connectivity index (χ3n) is 4.40. The van der Waals surface area contributed by atoms with Crippen LogP contribution in [0.25, 0.3) is 16.6 Å². The number of benzene rings is 2. The fourth-order valence-corrected chi connectivity index (χ4v) is 3.07. The minimum atomic E-state index is -0.497. The summed E-state index contributed by atoms with van der Waals surface area (Å²) in [5.41, 5.74) is 2.75. The molecule has 0 aliphatic rings. The molecule has 154 valence electrons. The number of rotatable bonds is 6. The zero-order chi connectivity index (χ0) is 21.8. The number of halogens is 2. The smallest absolute Gasteiger partial charge is 0.295 e. The quantitative estimate of drug-likeness (QED) is 0.452. The van der Waals surface area contributed by atoms with Crippen LogP contribution in [0.15, 0.2) is 48.9 Å². The van der Waals surface area contributed by atoms with Gasteiger partial charge in [0.25, 0.3) is 5.91 Å². The minimum absolute atomic E-state index is 0.0117. The number of fused-ring (bicyclic) bond motifs is 1. The number of hydrogen-bond acceptors (Lipinski definition) is 6. The molecule has 10 heteroatoms. The summed E-state index contributed by atoms with van der Waals surface area (Å²) < 4.78 is 15.1. The molecule has 2 heterocycles. The Morgan fingerprint density at radius 1 is 1.23 bits per heavy atom. The summed E-state index contributed by atoms with van der Waals surface area (Å²) in [4.78, 5) is 19.7.